The van der Waals surface area contributed by atoms with E-state index in [1.54, 1.807) is 36.1 Å². The minimum absolute atomic E-state index is 0.118. The quantitative estimate of drug-likeness (QED) is 0.688. The molecular weight excluding hydrogens is 354 g/mol. The summed E-state index contributed by atoms with van der Waals surface area (Å²) >= 11 is 1.36. The molecule has 0 aliphatic carbocycles. The molecule has 0 saturated heterocycles. The van der Waals surface area contributed by atoms with Gasteiger partial charge in [-0.1, -0.05) is 6.07 Å². The van der Waals surface area contributed by atoms with Crippen LogP contribution in [-0.2, 0) is 16.1 Å². The number of methoxy groups -OCH3 is 1. The number of benzene rings is 1. The molecule has 0 bridgehead atoms. The molecule has 0 aliphatic rings. The molecule has 7 nitrogen and oxygen atoms in total. The summed E-state index contributed by atoms with van der Waals surface area (Å²) in [4.78, 5) is 28.7. The third kappa shape index (κ3) is 4.09. The molecule has 1 amide bonds. The van der Waals surface area contributed by atoms with Gasteiger partial charge in [-0.25, -0.2) is 4.98 Å². The van der Waals surface area contributed by atoms with Crippen LogP contribution in [0.5, 0.6) is 5.75 Å². The van der Waals surface area contributed by atoms with Crippen LogP contribution in [0, 0.1) is 6.92 Å². The second-order valence-electron chi connectivity index (χ2n) is 5.66. The average Bonchev–Trinajstić information content (AvgIpc) is 3.04. The molecule has 26 heavy (non-hydrogen) atoms. The Hall–Kier alpha value is -2.71. The summed E-state index contributed by atoms with van der Waals surface area (Å²) in [6.07, 6.45) is 1.70. The summed E-state index contributed by atoms with van der Waals surface area (Å²) in [6.45, 7) is 2.63. The summed E-state index contributed by atoms with van der Waals surface area (Å²) in [6, 6.07) is 7.03. The maximum Gasteiger partial charge on any atom is 0.264 e. The molecule has 136 valence electrons. The van der Waals surface area contributed by atoms with Crippen LogP contribution in [0.2, 0.25) is 0 Å². The SMILES string of the molecule is COCCn1ccc2c(OCC(=O)Nc3nc(C)cs3)cccc2c1=O. The zero-order chi connectivity index (χ0) is 18.5. The summed E-state index contributed by atoms with van der Waals surface area (Å²) < 4.78 is 12.2. The molecule has 2 aromatic heterocycles. The Bertz CT molecular complexity index is 980. The number of pyridine rings is 1. The molecule has 0 atom stereocenters. The fourth-order valence-corrected chi connectivity index (χ4v) is 3.20. The van der Waals surface area contributed by atoms with Crippen molar-refractivity contribution in [2.45, 2.75) is 13.5 Å². The molecule has 1 aromatic carbocycles. The molecule has 3 rings (SSSR count). The zero-order valence-electron chi connectivity index (χ0n) is 14.5. The largest absolute Gasteiger partial charge is 0.483 e. The molecule has 2 heterocycles. The first kappa shape index (κ1) is 18.1. The Morgan fingerprint density at radius 3 is 2.88 bits per heavy atom. The monoisotopic (exact) mass is 373 g/mol. The number of rotatable bonds is 7. The molecule has 0 fully saturated rings. The standard InChI is InChI=1S/C18H19N3O4S/c1-12-11-26-18(19-12)20-16(22)10-25-15-5-3-4-14-13(15)6-7-21(17(14)23)8-9-24-2/h3-7,11H,8-10H2,1-2H3,(H,19,20,22). The van der Waals surface area contributed by atoms with Crippen LogP contribution < -0.4 is 15.6 Å². The highest BCUT2D eigenvalue weighted by atomic mass is 32.1. The highest BCUT2D eigenvalue weighted by molar-refractivity contribution is 7.13. The maximum atomic E-state index is 12.5. The minimum atomic E-state index is -0.301. The fraction of sp³-hybridized carbons (Fsp3) is 0.278. The van der Waals surface area contributed by atoms with Crippen LogP contribution in [0.25, 0.3) is 10.8 Å². The maximum absolute atomic E-state index is 12.5. The number of nitrogens with one attached hydrogen (secondary N) is 1. The molecule has 0 unspecified atom stereocenters. The number of carbonyl (C=O) groups is 1. The summed E-state index contributed by atoms with van der Waals surface area (Å²) in [5.41, 5.74) is 0.734. The van der Waals surface area contributed by atoms with E-state index >= 15 is 0 Å². The molecule has 0 spiro atoms. The number of amides is 1. The fourth-order valence-electron chi connectivity index (χ4n) is 2.49. The smallest absolute Gasteiger partial charge is 0.264 e. The minimum Gasteiger partial charge on any atom is -0.483 e. The topological polar surface area (TPSA) is 82.4 Å². The van der Waals surface area contributed by atoms with E-state index in [4.69, 9.17) is 9.47 Å². The lowest BCUT2D eigenvalue weighted by atomic mass is 10.1. The number of nitrogens with zero attached hydrogens (tertiary/aromatic N) is 2. The predicted molar refractivity (Wildman–Crippen MR) is 101 cm³/mol. The Balaban J connectivity index is 1.74. The number of fused-ring (bicyclic) bond motifs is 1. The van der Waals surface area contributed by atoms with E-state index in [0.717, 1.165) is 5.69 Å². The Kier molecular flexibility index (Phi) is 5.65. The Morgan fingerprint density at radius 2 is 2.15 bits per heavy atom. The first-order valence-corrected chi connectivity index (χ1v) is 8.92. The molecule has 0 aliphatic heterocycles. The van der Waals surface area contributed by atoms with Gasteiger partial charge in [-0.05, 0) is 25.1 Å². The van der Waals surface area contributed by atoms with Gasteiger partial charge in [-0.3, -0.25) is 14.9 Å². The second kappa shape index (κ2) is 8.11. The van der Waals surface area contributed by atoms with E-state index in [0.29, 0.717) is 34.8 Å². The van der Waals surface area contributed by atoms with Crippen molar-refractivity contribution in [2.24, 2.45) is 0 Å². The number of hydrogen-bond donors (Lipinski definition) is 1. The van der Waals surface area contributed by atoms with E-state index in [1.165, 1.54) is 11.3 Å². The Morgan fingerprint density at radius 1 is 1.31 bits per heavy atom. The summed E-state index contributed by atoms with van der Waals surface area (Å²) in [5, 5.41) is 6.29. The van der Waals surface area contributed by atoms with E-state index in [9.17, 15) is 9.59 Å². The first-order chi connectivity index (χ1) is 12.6. The lowest BCUT2D eigenvalue weighted by Crippen LogP contribution is -2.22. The second-order valence-corrected chi connectivity index (χ2v) is 6.51. The summed E-state index contributed by atoms with van der Waals surface area (Å²) in [5.74, 6) is 0.189. The van der Waals surface area contributed by atoms with Crippen molar-refractivity contribution < 1.29 is 14.3 Å². The van der Waals surface area contributed by atoms with Crippen molar-refractivity contribution in [3.63, 3.8) is 0 Å². The number of anilines is 1. The zero-order valence-corrected chi connectivity index (χ0v) is 15.3. The third-order valence-electron chi connectivity index (χ3n) is 3.74. The number of hydrogen-bond acceptors (Lipinski definition) is 6. The summed E-state index contributed by atoms with van der Waals surface area (Å²) in [7, 11) is 1.59. The van der Waals surface area contributed by atoms with Gasteiger partial charge < -0.3 is 14.0 Å². The lowest BCUT2D eigenvalue weighted by molar-refractivity contribution is -0.118. The molecule has 8 heteroatoms. The third-order valence-corrected chi connectivity index (χ3v) is 4.61. The van der Waals surface area contributed by atoms with Gasteiger partial charge in [0.1, 0.15) is 5.75 Å². The van der Waals surface area contributed by atoms with Gasteiger partial charge in [0, 0.05) is 30.6 Å². The number of thiazole rings is 1. The number of aryl methyl sites for hydroxylation is 1. The molecule has 1 N–H and O–H groups in total. The molecule has 0 radical (unpaired) electrons. The highest BCUT2D eigenvalue weighted by Gasteiger charge is 2.10. The Labute approximate surface area is 154 Å². The lowest BCUT2D eigenvalue weighted by Gasteiger charge is -2.11. The number of carbonyl (C=O) groups excluding carboxylic acids is 1. The average molecular weight is 373 g/mol. The van der Waals surface area contributed by atoms with Crippen molar-refractivity contribution >= 4 is 33.1 Å². The van der Waals surface area contributed by atoms with Crippen LogP contribution >= 0.6 is 11.3 Å². The number of ether oxygens (including phenoxy) is 2. The van der Waals surface area contributed by atoms with E-state index in [1.807, 2.05) is 18.4 Å². The van der Waals surface area contributed by atoms with Crippen molar-refractivity contribution in [1.29, 1.82) is 0 Å². The van der Waals surface area contributed by atoms with Crippen LogP contribution in [0.4, 0.5) is 5.13 Å². The normalized spacial score (nSPS) is 10.8. The van der Waals surface area contributed by atoms with Gasteiger partial charge in [0.15, 0.2) is 11.7 Å². The van der Waals surface area contributed by atoms with Crippen LogP contribution in [-0.4, -0.2) is 35.8 Å². The van der Waals surface area contributed by atoms with E-state index in [2.05, 4.69) is 10.3 Å². The first-order valence-electron chi connectivity index (χ1n) is 8.04. The van der Waals surface area contributed by atoms with Crippen molar-refractivity contribution in [1.82, 2.24) is 9.55 Å². The van der Waals surface area contributed by atoms with Gasteiger partial charge in [0.2, 0.25) is 0 Å². The molecule has 3 aromatic rings. The van der Waals surface area contributed by atoms with Crippen molar-refractivity contribution in [2.75, 3.05) is 25.6 Å². The van der Waals surface area contributed by atoms with Crippen LogP contribution in [0.3, 0.4) is 0 Å². The van der Waals surface area contributed by atoms with Gasteiger partial charge >= 0.3 is 0 Å². The van der Waals surface area contributed by atoms with Gasteiger partial charge in [0.05, 0.1) is 17.7 Å². The van der Waals surface area contributed by atoms with Crippen LogP contribution in [0.15, 0.2) is 40.6 Å². The number of aromatic nitrogens is 2. The molecule has 0 saturated carbocycles. The van der Waals surface area contributed by atoms with Crippen molar-refractivity contribution in [3.05, 3.63) is 51.9 Å². The van der Waals surface area contributed by atoms with E-state index in [-0.39, 0.29) is 18.1 Å². The predicted octanol–water partition coefficient (Wildman–Crippen LogP) is 2.43. The van der Waals surface area contributed by atoms with Crippen LogP contribution in [0.1, 0.15) is 5.69 Å². The van der Waals surface area contributed by atoms with E-state index < -0.39 is 0 Å². The van der Waals surface area contributed by atoms with Gasteiger partial charge in [-0.15, -0.1) is 11.3 Å². The van der Waals surface area contributed by atoms with Gasteiger partial charge in [0.25, 0.3) is 11.5 Å². The van der Waals surface area contributed by atoms with Gasteiger partial charge in [-0.2, -0.15) is 0 Å². The van der Waals surface area contributed by atoms with Crippen molar-refractivity contribution in [3.8, 4) is 5.75 Å². The highest BCUT2D eigenvalue weighted by Crippen LogP contribution is 2.23. The molecular formula is C18H19N3O4S.